The molecule has 0 bridgehead atoms. The van der Waals surface area contributed by atoms with E-state index in [1.165, 1.54) is 12.1 Å². The van der Waals surface area contributed by atoms with Crippen LogP contribution in [-0.2, 0) is 6.61 Å². The van der Waals surface area contributed by atoms with E-state index in [1.54, 1.807) is 6.07 Å². The standard InChI is InChI=1S/C17H13BrFNO/c18-15-6-5-12(19)9-11(15)10-21-17-8-7-16(20)13-3-1-2-4-14(13)17/h1-9H,10,20H2. The lowest BCUT2D eigenvalue weighted by Crippen LogP contribution is -1.98. The van der Waals surface area contributed by atoms with Crippen molar-refractivity contribution in [2.45, 2.75) is 6.61 Å². The average Bonchev–Trinajstić information content (AvgIpc) is 2.50. The number of anilines is 1. The van der Waals surface area contributed by atoms with Gasteiger partial charge in [0.05, 0.1) is 0 Å². The number of ether oxygens (including phenoxy) is 1. The highest BCUT2D eigenvalue weighted by atomic mass is 79.9. The van der Waals surface area contributed by atoms with Crippen LogP contribution in [0, 0.1) is 5.82 Å². The van der Waals surface area contributed by atoms with E-state index in [0.717, 1.165) is 26.6 Å². The molecule has 0 aliphatic carbocycles. The summed E-state index contributed by atoms with van der Waals surface area (Å²) < 4.78 is 20.0. The Labute approximate surface area is 130 Å². The van der Waals surface area contributed by atoms with Gasteiger partial charge >= 0.3 is 0 Å². The van der Waals surface area contributed by atoms with E-state index in [0.29, 0.717) is 5.69 Å². The molecule has 0 aliphatic heterocycles. The molecule has 2 N–H and O–H groups in total. The van der Waals surface area contributed by atoms with Gasteiger partial charge in [-0.25, -0.2) is 4.39 Å². The van der Waals surface area contributed by atoms with Gasteiger partial charge < -0.3 is 10.5 Å². The van der Waals surface area contributed by atoms with Gasteiger partial charge in [0.15, 0.2) is 0 Å². The minimum atomic E-state index is -0.279. The molecule has 4 heteroatoms. The Morgan fingerprint density at radius 2 is 1.76 bits per heavy atom. The van der Waals surface area contributed by atoms with Crippen molar-refractivity contribution in [2.24, 2.45) is 0 Å². The SMILES string of the molecule is Nc1ccc(OCc2cc(F)ccc2Br)c2ccccc12. The van der Waals surface area contributed by atoms with Gasteiger partial charge in [0, 0.05) is 26.5 Å². The molecule has 0 unspecified atom stereocenters. The number of nitrogens with two attached hydrogens (primary N) is 1. The van der Waals surface area contributed by atoms with Gasteiger partial charge in [-0.15, -0.1) is 0 Å². The Morgan fingerprint density at radius 3 is 2.57 bits per heavy atom. The monoisotopic (exact) mass is 345 g/mol. The first-order chi connectivity index (χ1) is 10.1. The number of halogens is 2. The van der Waals surface area contributed by atoms with E-state index in [-0.39, 0.29) is 12.4 Å². The summed E-state index contributed by atoms with van der Waals surface area (Å²) in [5.41, 5.74) is 7.44. The molecule has 0 aromatic heterocycles. The van der Waals surface area contributed by atoms with Crippen molar-refractivity contribution in [3.8, 4) is 5.75 Å². The Balaban J connectivity index is 1.92. The van der Waals surface area contributed by atoms with Gasteiger partial charge in [0.25, 0.3) is 0 Å². The van der Waals surface area contributed by atoms with Gasteiger partial charge in [-0.3, -0.25) is 0 Å². The quantitative estimate of drug-likeness (QED) is 0.685. The molecule has 0 spiro atoms. The van der Waals surface area contributed by atoms with Crippen molar-refractivity contribution in [1.82, 2.24) is 0 Å². The fourth-order valence-corrected chi connectivity index (χ4v) is 2.59. The summed E-state index contributed by atoms with van der Waals surface area (Å²) in [4.78, 5) is 0. The van der Waals surface area contributed by atoms with Crippen molar-refractivity contribution in [1.29, 1.82) is 0 Å². The summed E-state index contributed by atoms with van der Waals surface area (Å²) >= 11 is 3.40. The van der Waals surface area contributed by atoms with Crippen LogP contribution in [0.2, 0.25) is 0 Å². The molecule has 0 aliphatic rings. The van der Waals surface area contributed by atoms with E-state index in [9.17, 15) is 4.39 Å². The summed E-state index contributed by atoms with van der Waals surface area (Å²) in [5.74, 6) is 0.454. The van der Waals surface area contributed by atoms with Gasteiger partial charge in [0.1, 0.15) is 18.2 Å². The first-order valence-corrected chi connectivity index (χ1v) is 7.28. The highest BCUT2D eigenvalue weighted by Crippen LogP contribution is 2.31. The molecular weight excluding hydrogens is 333 g/mol. The maximum Gasteiger partial charge on any atom is 0.127 e. The van der Waals surface area contributed by atoms with Crippen LogP contribution in [0.1, 0.15) is 5.56 Å². The minimum absolute atomic E-state index is 0.279. The first-order valence-electron chi connectivity index (χ1n) is 6.49. The summed E-state index contributed by atoms with van der Waals surface area (Å²) in [5, 5.41) is 1.90. The van der Waals surface area contributed by atoms with Crippen molar-refractivity contribution in [2.75, 3.05) is 5.73 Å². The summed E-state index contributed by atoms with van der Waals surface area (Å²) in [6, 6.07) is 16.0. The highest BCUT2D eigenvalue weighted by Gasteiger charge is 2.07. The predicted molar refractivity (Wildman–Crippen MR) is 86.8 cm³/mol. The van der Waals surface area contributed by atoms with Crippen molar-refractivity contribution < 1.29 is 9.13 Å². The molecule has 0 fully saturated rings. The van der Waals surface area contributed by atoms with E-state index < -0.39 is 0 Å². The molecule has 0 heterocycles. The molecule has 0 saturated heterocycles. The third-order valence-corrected chi connectivity index (χ3v) is 4.08. The van der Waals surface area contributed by atoms with Gasteiger partial charge in [-0.05, 0) is 30.3 Å². The predicted octanol–water partition coefficient (Wildman–Crippen LogP) is 4.90. The van der Waals surface area contributed by atoms with Crippen LogP contribution in [0.25, 0.3) is 10.8 Å². The summed E-state index contributed by atoms with van der Waals surface area (Å²) in [6.45, 7) is 0.284. The molecule has 3 aromatic carbocycles. The Morgan fingerprint density at radius 1 is 1.00 bits per heavy atom. The van der Waals surface area contributed by atoms with Gasteiger partial charge in [-0.1, -0.05) is 40.2 Å². The second kappa shape index (κ2) is 5.74. The largest absolute Gasteiger partial charge is 0.488 e. The number of benzene rings is 3. The zero-order valence-corrected chi connectivity index (χ0v) is 12.7. The zero-order chi connectivity index (χ0) is 14.8. The number of fused-ring (bicyclic) bond motifs is 1. The van der Waals surface area contributed by atoms with Gasteiger partial charge in [-0.2, -0.15) is 0 Å². The molecular formula is C17H13BrFNO. The molecule has 3 rings (SSSR count). The van der Waals surface area contributed by atoms with Crippen LogP contribution < -0.4 is 10.5 Å². The molecule has 3 aromatic rings. The van der Waals surface area contributed by atoms with E-state index in [2.05, 4.69) is 15.9 Å². The molecule has 0 atom stereocenters. The van der Waals surface area contributed by atoms with Crippen LogP contribution in [0.15, 0.2) is 59.1 Å². The third kappa shape index (κ3) is 2.85. The van der Waals surface area contributed by atoms with Crippen LogP contribution in [0.3, 0.4) is 0 Å². The Kier molecular flexibility index (Phi) is 3.80. The summed E-state index contributed by atoms with van der Waals surface area (Å²) in [7, 11) is 0. The average molecular weight is 346 g/mol. The Bertz CT molecular complexity index is 804. The second-order valence-corrected chi connectivity index (χ2v) is 5.58. The van der Waals surface area contributed by atoms with Crippen LogP contribution in [-0.4, -0.2) is 0 Å². The third-order valence-electron chi connectivity index (χ3n) is 3.31. The van der Waals surface area contributed by atoms with Crippen LogP contribution in [0.5, 0.6) is 5.75 Å². The van der Waals surface area contributed by atoms with E-state index >= 15 is 0 Å². The molecule has 2 nitrogen and oxygen atoms in total. The lowest BCUT2D eigenvalue weighted by Gasteiger charge is -2.12. The highest BCUT2D eigenvalue weighted by molar-refractivity contribution is 9.10. The fraction of sp³-hybridized carbons (Fsp3) is 0.0588. The van der Waals surface area contributed by atoms with Crippen LogP contribution in [0.4, 0.5) is 10.1 Å². The number of hydrogen-bond donors (Lipinski definition) is 1. The second-order valence-electron chi connectivity index (χ2n) is 4.72. The first kappa shape index (κ1) is 13.9. The lowest BCUT2D eigenvalue weighted by molar-refractivity contribution is 0.308. The number of hydrogen-bond acceptors (Lipinski definition) is 2. The molecule has 21 heavy (non-hydrogen) atoms. The Hall–Kier alpha value is -2.07. The van der Waals surface area contributed by atoms with Crippen molar-refractivity contribution >= 4 is 32.4 Å². The summed E-state index contributed by atoms with van der Waals surface area (Å²) in [6.07, 6.45) is 0. The normalized spacial score (nSPS) is 10.8. The maximum atomic E-state index is 13.3. The molecule has 106 valence electrons. The van der Waals surface area contributed by atoms with E-state index in [4.69, 9.17) is 10.5 Å². The van der Waals surface area contributed by atoms with Gasteiger partial charge in [0.2, 0.25) is 0 Å². The number of rotatable bonds is 3. The number of nitrogen functional groups attached to an aromatic ring is 1. The molecule has 0 saturated carbocycles. The zero-order valence-electron chi connectivity index (χ0n) is 11.1. The smallest absolute Gasteiger partial charge is 0.127 e. The van der Waals surface area contributed by atoms with Crippen molar-refractivity contribution in [3.63, 3.8) is 0 Å². The minimum Gasteiger partial charge on any atom is -0.488 e. The fourth-order valence-electron chi connectivity index (χ4n) is 2.23. The maximum absolute atomic E-state index is 13.3. The molecule has 0 amide bonds. The topological polar surface area (TPSA) is 35.2 Å². The van der Waals surface area contributed by atoms with E-state index in [1.807, 2.05) is 36.4 Å². The molecule has 0 radical (unpaired) electrons. The van der Waals surface area contributed by atoms with Crippen molar-refractivity contribution in [3.05, 3.63) is 70.5 Å². The van der Waals surface area contributed by atoms with Crippen LogP contribution >= 0.6 is 15.9 Å². The lowest BCUT2D eigenvalue weighted by atomic mass is 10.1.